The zero-order chi connectivity index (χ0) is 7.82. The molecule has 1 aromatic carbocycles. The van der Waals surface area contributed by atoms with E-state index in [1.54, 1.807) is 0 Å². The van der Waals surface area contributed by atoms with Gasteiger partial charge in [0.25, 0.3) is 0 Å². The van der Waals surface area contributed by atoms with E-state index in [0.29, 0.717) is 12.6 Å². The first-order valence-corrected chi connectivity index (χ1v) is 13.2. The molecule has 0 heterocycles. The molecule has 0 aliphatic heterocycles. The monoisotopic (exact) mass is 370 g/mol. The molecule has 0 bridgehead atoms. The van der Waals surface area contributed by atoms with Gasteiger partial charge in [0.15, 0.2) is 0 Å². The minimum atomic E-state index is 0.357. The molecule has 0 atom stereocenters. The highest BCUT2D eigenvalue weighted by atomic mass is 127. The average molecular weight is 370 g/mol. The van der Waals surface area contributed by atoms with Crippen molar-refractivity contribution in [1.29, 1.82) is 0 Å². The highest BCUT2D eigenvalue weighted by molar-refractivity contribution is 14.3. The van der Waals surface area contributed by atoms with E-state index in [1.807, 2.05) is 18.2 Å². The zero-order valence-electron chi connectivity index (χ0n) is 5.85. The number of aryl methyl sites for hydroxylation is 1. The molecule has 0 saturated carbocycles. The van der Waals surface area contributed by atoms with Crippen molar-refractivity contribution in [2.24, 2.45) is 0 Å². The van der Waals surface area contributed by atoms with Gasteiger partial charge >= 0.3 is 12.6 Å². The third-order valence-electron chi connectivity index (χ3n) is 0.940. The van der Waals surface area contributed by atoms with Crippen LogP contribution >= 0.6 is 37.7 Å². The lowest BCUT2D eigenvalue weighted by Gasteiger charge is -1.82. The van der Waals surface area contributed by atoms with Gasteiger partial charge in [-0.2, -0.15) is 0 Å². The quantitative estimate of drug-likeness (QED) is 0.485. The second-order valence-electron chi connectivity index (χ2n) is 1.76. The largest absolute Gasteiger partial charge is 0.552 e. The number of rotatable bonds is 0. The van der Waals surface area contributed by atoms with Gasteiger partial charge in [0.1, 0.15) is 0 Å². The van der Waals surface area contributed by atoms with Gasteiger partial charge in [0.2, 0.25) is 0 Å². The summed E-state index contributed by atoms with van der Waals surface area (Å²) >= 11 is 5.18. The van der Waals surface area contributed by atoms with Gasteiger partial charge in [-0.1, -0.05) is 35.9 Å². The molecule has 0 saturated heterocycles. The maximum atomic E-state index is 2.41. The van der Waals surface area contributed by atoms with Crippen LogP contribution in [0, 0.1) is 6.92 Å². The Kier molecular flexibility index (Phi) is 9.78. The molecule has 0 N–H and O–H groups in total. The van der Waals surface area contributed by atoms with Crippen molar-refractivity contribution < 1.29 is 0 Å². The van der Waals surface area contributed by atoms with Gasteiger partial charge in [-0.3, -0.25) is 37.7 Å². The number of halogens is 2. The fourth-order valence-corrected chi connectivity index (χ4v) is 0.534. The fraction of sp³-hybridized carbons (Fsp3) is 0.143. The van der Waals surface area contributed by atoms with Gasteiger partial charge in [-0.05, 0) is 6.92 Å². The summed E-state index contributed by atoms with van der Waals surface area (Å²) in [6.07, 6.45) is 0. The molecule has 1 rings (SSSR count). The van der Waals surface area contributed by atoms with Crippen LogP contribution in [0.5, 0.6) is 0 Å². The Hall–Kier alpha value is 1.45. The molecule has 52 valence electrons. The molecule has 0 aromatic heterocycles. The molecular weight excluding hydrogens is 362 g/mol. The summed E-state index contributed by atoms with van der Waals surface area (Å²) in [4.78, 5) is 0. The van der Waals surface area contributed by atoms with E-state index in [4.69, 9.17) is 0 Å². The predicted molar refractivity (Wildman–Crippen MR) is 65.0 cm³/mol. The zero-order valence-corrected chi connectivity index (χ0v) is 11.6. The third-order valence-corrected chi connectivity index (χ3v) is 0.940. The van der Waals surface area contributed by atoms with Crippen LogP contribution in [0.15, 0.2) is 30.3 Å². The van der Waals surface area contributed by atoms with E-state index in [1.165, 1.54) is 5.56 Å². The predicted octanol–water partition coefficient (Wildman–Crippen LogP) is 3.39. The van der Waals surface area contributed by atoms with E-state index >= 15 is 0 Å². The van der Waals surface area contributed by atoms with Gasteiger partial charge < -0.3 is 0 Å². The standard InChI is InChI=1S/C7H8.2HI.Mg/c1-7-5-3-2-4-6-7;;;/h2-6H,1H3;2*1H;/q;;;+2/p-2. The molecular formula is C7H8I2Mg. The lowest BCUT2D eigenvalue weighted by atomic mass is 10.2. The minimum Gasteiger partial charge on any atom is -0.276 e. The van der Waals surface area contributed by atoms with Crippen LogP contribution in [0.3, 0.4) is 0 Å². The van der Waals surface area contributed by atoms with Crippen molar-refractivity contribution in [3.63, 3.8) is 0 Å². The second kappa shape index (κ2) is 8.54. The van der Waals surface area contributed by atoms with Gasteiger partial charge in [0.05, 0.1) is 0 Å². The van der Waals surface area contributed by atoms with Crippen LogP contribution in [-0.4, -0.2) is 12.6 Å². The smallest absolute Gasteiger partial charge is 0.276 e. The van der Waals surface area contributed by atoms with Gasteiger partial charge in [-0.25, -0.2) is 0 Å². The van der Waals surface area contributed by atoms with E-state index in [-0.39, 0.29) is 0 Å². The topological polar surface area (TPSA) is 0 Å². The summed E-state index contributed by atoms with van der Waals surface area (Å²) in [5.74, 6) is 0. The molecule has 3 heteroatoms. The SMILES string of the molecule is Cc1ccccc1.[I][Mg][I]. The summed E-state index contributed by atoms with van der Waals surface area (Å²) in [6, 6.07) is 10.3. The normalized spacial score (nSPS) is 7.10. The first kappa shape index (κ1) is 11.4. The minimum absolute atomic E-state index is 0.357. The van der Waals surface area contributed by atoms with Crippen LogP contribution in [0.1, 0.15) is 5.56 Å². The first-order valence-electron chi connectivity index (χ1n) is 2.95. The second-order valence-corrected chi connectivity index (χ2v) is 15.3. The molecule has 10 heavy (non-hydrogen) atoms. The lowest BCUT2D eigenvalue weighted by molar-refractivity contribution is 1.48. The summed E-state index contributed by atoms with van der Waals surface area (Å²) < 4.78 is 0. The van der Waals surface area contributed by atoms with E-state index in [0.717, 1.165) is 0 Å². The van der Waals surface area contributed by atoms with Crippen LogP contribution < -0.4 is 0 Å². The van der Waals surface area contributed by atoms with Gasteiger partial charge in [-0.15, -0.1) is 0 Å². The number of hydrogen-bond donors (Lipinski definition) is 0. The Bertz CT molecular complexity index is 153. The maximum Gasteiger partial charge on any atom is 0.552 e. The summed E-state index contributed by atoms with van der Waals surface area (Å²) in [5, 5.41) is 0. The van der Waals surface area contributed by atoms with Crippen LogP contribution in [0.2, 0.25) is 0 Å². The molecule has 0 nitrogen and oxygen atoms in total. The summed E-state index contributed by atoms with van der Waals surface area (Å²) in [5.41, 5.74) is 1.32. The van der Waals surface area contributed by atoms with Crippen molar-refractivity contribution in [1.82, 2.24) is 0 Å². The average Bonchev–Trinajstić information content (AvgIpc) is 1.91. The molecule has 0 fully saturated rings. The van der Waals surface area contributed by atoms with Crippen molar-refractivity contribution in [2.45, 2.75) is 6.92 Å². The highest BCUT2D eigenvalue weighted by Crippen LogP contribution is 1.92. The van der Waals surface area contributed by atoms with Gasteiger partial charge in [0, 0.05) is 0 Å². The molecule has 0 aliphatic carbocycles. The van der Waals surface area contributed by atoms with E-state index < -0.39 is 0 Å². The molecule has 0 unspecified atom stereocenters. The summed E-state index contributed by atoms with van der Waals surface area (Å²) in [7, 11) is 0. The lowest BCUT2D eigenvalue weighted by Crippen LogP contribution is -1.62. The Morgan fingerprint density at radius 2 is 1.50 bits per heavy atom. The Morgan fingerprint density at radius 3 is 1.70 bits per heavy atom. The van der Waals surface area contributed by atoms with E-state index in [9.17, 15) is 0 Å². The number of benzene rings is 1. The molecule has 0 radical (unpaired) electrons. The number of hydrogen-bond acceptors (Lipinski definition) is 0. The summed E-state index contributed by atoms with van der Waals surface area (Å²) in [6.45, 7) is 2.08. The Morgan fingerprint density at radius 1 is 1.10 bits per heavy atom. The molecule has 1 aromatic rings. The van der Waals surface area contributed by atoms with E-state index in [2.05, 4.69) is 56.8 Å². The Labute approximate surface area is 91.6 Å². The first-order chi connectivity index (χ1) is 4.81. The fourth-order valence-electron chi connectivity index (χ4n) is 0.534. The third kappa shape index (κ3) is 7.55. The van der Waals surface area contributed by atoms with Crippen molar-refractivity contribution in [3.8, 4) is 0 Å². The Balaban J connectivity index is 0.000000236. The van der Waals surface area contributed by atoms with Crippen molar-refractivity contribution >= 4 is 50.3 Å². The molecule has 0 amide bonds. The highest BCUT2D eigenvalue weighted by Gasteiger charge is 1.72. The maximum absolute atomic E-state index is 2.41. The molecule has 0 spiro atoms. The van der Waals surface area contributed by atoms with Crippen LogP contribution in [-0.2, 0) is 0 Å². The molecule has 0 aliphatic rings. The van der Waals surface area contributed by atoms with Crippen LogP contribution in [0.25, 0.3) is 0 Å². The van der Waals surface area contributed by atoms with Crippen molar-refractivity contribution in [2.75, 3.05) is 0 Å². The van der Waals surface area contributed by atoms with Crippen molar-refractivity contribution in [3.05, 3.63) is 35.9 Å². The van der Waals surface area contributed by atoms with Crippen LogP contribution in [0.4, 0.5) is 0 Å².